The van der Waals surface area contributed by atoms with Crippen LogP contribution in [0.5, 0.6) is 0 Å². The highest BCUT2D eigenvalue weighted by molar-refractivity contribution is 7.13. The molecule has 0 spiro atoms. The smallest absolute Gasteiger partial charge is 0.0801 e. The van der Waals surface area contributed by atoms with Gasteiger partial charge in [0.2, 0.25) is 0 Å². The van der Waals surface area contributed by atoms with Crippen LogP contribution in [0.2, 0.25) is 0 Å². The van der Waals surface area contributed by atoms with Crippen LogP contribution in [0.3, 0.4) is 0 Å². The zero-order chi connectivity index (χ0) is 6.10. The molecule has 44 valence electrons. The van der Waals surface area contributed by atoms with Crippen molar-refractivity contribution in [1.82, 2.24) is 4.98 Å². The number of rotatable bonds is 0. The first-order valence-electron chi connectivity index (χ1n) is 2.75. The lowest BCUT2D eigenvalue weighted by molar-refractivity contribution is 1.38. The van der Waals surface area contributed by atoms with Crippen molar-refractivity contribution >= 4 is 11.3 Å². The molecule has 1 nitrogen and oxygen atoms in total. The molecule has 0 radical (unpaired) electrons. The van der Waals surface area contributed by atoms with Gasteiger partial charge in [-0.2, -0.15) is 0 Å². The van der Waals surface area contributed by atoms with Crippen LogP contribution in [-0.4, -0.2) is 4.98 Å². The fraction of sp³-hybridized carbons (Fsp3) is 0. The van der Waals surface area contributed by atoms with Crippen LogP contribution < -0.4 is 0 Å². The van der Waals surface area contributed by atoms with Gasteiger partial charge in [0.1, 0.15) is 0 Å². The second-order valence-corrected chi connectivity index (χ2v) is 2.76. The van der Waals surface area contributed by atoms with Gasteiger partial charge in [-0.3, -0.25) is 4.98 Å². The standard InChI is InChI=1S/C7H5NS/c1-2-6-7(3-1)9-5-4-8-6/h1-5H. The molecule has 2 rings (SSSR count). The molecular weight excluding hydrogens is 130 g/mol. The summed E-state index contributed by atoms with van der Waals surface area (Å²) in [4.78, 5) is 5.41. The normalized spacial score (nSPS) is 10.2. The van der Waals surface area contributed by atoms with E-state index in [2.05, 4.69) is 11.1 Å². The van der Waals surface area contributed by atoms with Gasteiger partial charge in [0.15, 0.2) is 0 Å². The lowest BCUT2D eigenvalue weighted by Crippen LogP contribution is -1.71. The van der Waals surface area contributed by atoms with Gasteiger partial charge in [0, 0.05) is 11.6 Å². The first-order valence-corrected chi connectivity index (χ1v) is 3.63. The lowest BCUT2D eigenvalue weighted by Gasteiger charge is -1.90. The van der Waals surface area contributed by atoms with Crippen LogP contribution in [0.25, 0.3) is 10.6 Å². The van der Waals surface area contributed by atoms with Crippen molar-refractivity contribution in [2.45, 2.75) is 0 Å². The molecule has 0 amide bonds. The summed E-state index contributed by atoms with van der Waals surface area (Å²) in [6.45, 7) is 0. The van der Waals surface area contributed by atoms with Gasteiger partial charge in [0.05, 0.1) is 10.6 Å². The van der Waals surface area contributed by atoms with E-state index in [1.165, 1.54) is 4.88 Å². The molecule has 1 aliphatic carbocycles. The number of nitrogens with zero attached hydrogens (tertiary/aromatic N) is 1. The quantitative estimate of drug-likeness (QED) is 0.540. The second-order valence-electron chi connectivity index (χ2n) is 1.81. The van der Waals surface area contributed by atoms with Crippen LogP contribution in [0.15, 0.2) is 29.8 Å². The maximum absolute atomic E-state index is 4.15. The Morgan fingerprint density at radius 3 is 3.22 bits per heavy atom. The first kappa shape index (κ1) is 4.94. The van der Waals surface area contributed by atoms with Crippen molar-refractivity contribution < 1.29 is 0 Å². The number of aromatic nitrogens is 1. The molecule has 0 aromatic carbocycles. The van der Waals surface area contributed by atoms with Crippen LogP contribution >= 0.6 is 11.3 Å². The zero-order valence-electron chi connectivity index (χ0n) is 4.74. The minimum Gasteiger partial charge on any atom is -0.255 e. The van der Waals surface area contributed by atoms with E-state index in [9.17, 15) is 0 Å². The van der Waals surface area contributed by atoms with E-state index in [0.29, 0.717) is 0 Å². The van der Waals surface area contributed by atoms with Gasteiger partial charge in [-0.1, -0.05) is 6.07 Å². The summed E-state index contributed by atoms with van der Waals surface area (Å²) in [6, 6.07) is 6.12. The third-order valence-electron chi connectivity index (χ3n) is 1.22. The van der Waals surface area contributed by atoms with Gasteiger partial charge in [0.25, 0.3) is 0 Å². The van der Waals surface area contributed by atoms with E-state index in [-0.39, 0.29) is 0 Å². The minimum absolute atomic E-state index is 1.10. The van der Waals surface area contributed by atoms with Crippen molar-refractivity contribution in [3.05, 3.63) is 29.8 Å². The number of hydrogen-bond acceptors (Lipinski definition) is 2. The molecule has 0 saturated heterocycles. The topological polar surface area (TPSA) is 12.9 Å². The van der Waals surface area contributed by atoms with Crippen molar-refractivity contribution in [2.24, 2.45) is 0 Å². The molecular formula is C7H5NS. The molecule has 0 fully saturated rings. The van der Waals surface area contributed by atoms with Crippen molar-refractivity contribution in [2.75, 3.05) is 0 Å². The lowest BCUT2D eigenvalue weighted by atomic mass is 10.4. The monoisotopic (exact) mass is 135 g/mol. The summed E-state index contributed by atoms with van der Waals surface area (Å²) in [5.74, 6) is 0. The number of fused-ring (bicyclic) bond motifs is 1. The molecule has 9 heavy (non-hydrogen) atoms. The Morgan fingerprint density at radius 2 is 2.33 bits per heavy atom. The molecule has 0 N–H and O–H groups in total. The van der Waals surface area contributed by atoms with Crippen LogP contribution in [0.1, 0.15) is 0 Å². The van der Waals surface area contributed by atoms with E-state index < -0.39 is 0 Å². The fourth-order valence-electron chi connectivity index (χ4n) is 0.815. The molecule has 0 aromatic heterocycles. The molecule has 0 bridgehead atoms. The number of hydrogen-bond donors (Lipinski definition) is 0. The van der Waals surface area contributed by atoms with Crippen molar-refractivity contribution in [1.29, 1.82) is 0 Å². The average Bonchev–Trinajstić information content (AvgIpc) is 2.33. The van der Waals surface area contributed by atoms with Gasteiger partial charge in [-0.15, -0.1) is 11.3 Å². The summed E-state index contributed by atoms with van der Waals surface area (Å²) in [5.41, 5.74) is 1.10. The summed E-state index contributed by atoms with van der Waals surface area (Å²) in [6.07, 6.45) is 1.83. The van der Waals surface area contributed by atoms with Crippen LogP contribution in [0.4, 0.5) is 0 Å². The molecule has 0 atom stereocenters. The van der Waals surface area contributed by atoms with Gasteiger partial charge in [-0.25, -0.2) is 0 Å². The average molecular weight is 135 g/mol. The predicted molar refractivity (Wildman–Crippen MR) is 38.7 cm³/mol. The molecule has 0 aromatic rings. The van der Waals surface area contributed by atoms with Gasteiger partial charge >= 0.3 is 0 Å². The van der Waals surface area contributed by atoms with Crippen molar-refractivity contribution in [3.63, 3.8) is 0 Å². The Bertz CT molecular complexity index is 249. The molecule has 0 unspecified atom stereocenters. The van der Waals surface area contributed by atoms with E-state index in [0.717, 1.165) is 5.69 Å². The first-order chi connectivity index (χ1) is 4.47. The summed E-state index contributed by atoms with van der Waals surface area (Å²) in [5, 5.41) is 1.99. The second kappa shape index (κ2) is 1.81. The maximum Gasteiger partial charge on any atom is 0.0801 e. The van der Waals surface area contributed by atoms with Gasteiger partial charge < -0.3 is 0 Å². The fourth-order valence-corrected chi connectivity index (χ4v) is 1.48. The Kier molecular flexibility index (Phi) is 0.993. The highest BCUT2D eigenvalue weighted by atomic mass is 32.1. The van der Waals surface area contributed by atoms with Gasteiger partial charge in [-0.05, 0) is 12.1 Å². The molecule has 0 saturated carbocycles. The summed E-state index contributed by atoms with van der Waals surface area (Å²) in [7, 11) is 0. The summed E-state index contributed by atoms with van der Waals surface area (Å²) >= 11 is 1.72. The van der Waals surface area contributed by atoms with E-state index >= 15 is 0 Å². The molecule has 1 aliphatic heterocycles. The molecule has 1 heterocycles. The molecule has 2 heteroatoms. The maximum atomic E-state index is 4.15. The SMILES string of the molecule is c1cc2nccsc-2c1. The third-order valence-corrected chi connectivity index (χ3v) is 2.08. The Hall–Kier alpha value is -0.890. The van der Waals surface area contributed by atoms with E-state index in [4.69, 9.17) is 0 Å². The Morgan fingerprint density at radius 1 is 1.33 bits per heavy atom. The highest BCUT2D eigenvalue weighted by Crippen LogP contribution is 2.23. The van der Waals surface area contributed by atoms with Crippen LogP contribution in [0, 0.1) is 0 Å². The third kappa shape index (κ3) is 0.715. The van der Waals surface area contributed by atoms with Crippen LogP contribution in [-0.2, 0) is 0 Å². The molecule has 2 aliphatic rings. The zero-order valence-corrected chi connectivity index (χ0v) is 5.56. The van der Waals surface area contributed by atoms with E-state index in [1.807, 2.05) is 23.7 Å². The summed E-state index contributed by atoms with van der Waals surface area (Å²) < 4.78 is 0. The van der Waals surface area contributed by atoms with E-state index in [1.54, 1.807) is 11.3 Å². The highest BCUT2D eigenvalue weighted by Gasteiger charge is 1.98. The van der Waals surface area contributed by atoms with Crippen molar-refractivity contribution in [3.8, 4) is 10.6 Å². The minimum atomic E-state index is 1.10. The Labute approximate surface area is 57.3 Å². The predicted octanol–water partition coefficient (Wildman–Crippen LogP) is 2.25. The Balaban J connectivity index is 2.79. The largest absolute Gasteiger partial charge is 0.255 e.